The van der Waals surface area contributed by atoms with Gasteiger partial charge in [0.15, 0.2) is 0 Å². The number of hydrogen-bond acceptors (Lipinski definition) is 2. The quantitative estimate of drug-likeness (QED) is 0.596. The van der Waals surface area contributed by atoms with Crippen molar-refractivity contribution in [2.24, 2.45) is 5.73 Å². The molecule has 0 fully saturated rings. The zero-order chi connectivity index (χ0) is 11.7. The maximum Gasteiger partial charge on any atom is 0.0686 e. The van der Waals surface area contributed by atoms with E-state index in [1.807, 2.05) is 0 Å². The Bertz CT molecular complexity index is 133. The van der Waals surface area contributed by atoms with Gasteiger partial charge < -0.3 is 5.73 Å². The van der Waals surface area contributed by atoms with Crippen molar-refractivity contribution in [3.8, 4) is 0 Å². The normalized spacial score (nSPS) is 12.4. The van der Waals surface area contributed by atoms with Gasteiger partial charge >= 0.3 is 0 Å². The van der Waals surface area contributed by atoms with Crippen LogP contribution in [0.1, 0.15) is 66.2 Å². The van der Waals surface area contributed by atoms with Crippen LogP contribution in [0.4, 0.5) is 0 Å². The second-order valence-corrected chi connectivity index (χ2v) is 4.59. The largest absolute Gasteiger partial charge is 0.313 e. The van der Waals surface area contributed by atoms with Crippen molar-refractivity contribution in [2.45, 2.75) is 71.9 Å². The summed E-state index contributed by atoms with van der Waals surface area (Å²) in [7, 11) is 0. The van der Waals surface area contributed by atoms with Gasteiger partial charge in [-0.25, -0.2) is 0 Å². The zero-order valence-electron chi connectivity index (χ0n) is 11.2. The summed E-state index contributed by atoms with van der Waals surface area (Å²) in [5.74, 6) is 0. The fraction of sp³-hybridized carbons (Fsp3) is 1.00. The van der Waals surface area contributed by atoms with Gasteiger partial charge in [0, 0.05) is 0 Å². The van der Waals surface area contributed by atoms with Crippen LogP contribution in [-0.2, 0) is 0 Å². The molecule has 0 saturated carbocycles. The van der Waals surface area contributed by atoms with E-state index in [0.717, 1.165) is 25.9 Å². The fourth-order valence-electron chi connectivity index (χ4n) is 2.40. The van der Waals surface area contributed by atoms with E-state index in [-0.39, 0.29) is 5.66 Å². The van der Waals surface area contributed by atoms with Crippen LogP contribution in [0.25, 0.3) is 0 Å². The molecular formula is C13H30N2. The summed E-state index contributed by atoms with van der Waals surface area (Å²) in [6, 6.07) is 0. The average molecular weight is 214 g/mol. The molecule has 2 nitrogen and oxygen atoms in total. The van der Waals surface area contributed by atoms with Gasteiger partial charge in [-0.1, -0.05) is 40.5 Å². The summed E-state index contributed by atoms with van der Waals surface area (Å²) in [5, 5.41) is 0. The van der Waals surface area contributed by atoms with Crippen molar-refractivity contribution in [1.82, 2.24) is 4.90 Å². The Morgan fingerprint density at radius 1 is 0.800 bits per heavy atom. The molecule has 0 aliphatic carbocycles. The van der Waals surface area contributed by atoms with Crippen LogP contribution in [0.5, 0.6) is 0 Å². The van der Waals surface area contributed by atoms with E-state index >= 15 is 0 Å². The lowest BCUT2D eigenvalue weighted by molar-refractivity contribution is 0.0723. The van der Waals surface area contributed by atoms with Crippen LogP contribution in [0.15, 0.2) is 0 Å². The molecule has 0 atom stereocenters. The number of nitrogens with zero attached hydrogens (tertiary/aromatic N) is 1. The van der Waals surface area contributed by atoms with Gasteiger partial charge in [0.1, 0.15) is 0 Å². The summed E-state index contributed by atoms with van der Waals surface area (Å²) in [6.45, 7) is 11.2. The Morgan fingerprint density at radius 3 is 1.47 bits per heavy atom. The molecule has 0 aromatic heterocycles. The first-order chi connectivity index (χ1) is 7.14. The highest BCUT2D eigenvalue weighted by Crippen LogP contribution is 2.22. The van der Waals surface area contributed by atoms with E-state index in [9.17, 15) is 0 Å². The Hall–Kier alpha value is -0.0800. The predicted molar refractivity (Wildman–Crippen MR) is 68.9 cm³/mol. The Kier molecular flexibility index (Phi) is 8.07. The molecule has 0 spiro atoms. The van der Waals surface area contributed by atoms with E-state index in [0.29, 0.717) is 0 Å². The van der Waals surface area contributed by atoms with E-state index < -0.39 is 0 Å². The molecule has 0 amide bonds. The van der Waals surface area contributed by atoms with Crippen LogP contribution in [0, 0.1) is 0 Å². The minimum absolute atomic E-state index is 0.0461. The standard InChI is InChI=1S/C13H30N2/c1-5-9-13(14,10-6-2)15(11-7-3)12-8-4/h5-12,14H2,1-4H3. The van der Waals surface area contributed by atoms with Crippen molar-refractivity contribution in [2.75, 3.05) is 13.1 Å². The summed E-state index contributed by atoms with van der Waals surface area (Å²) in [6.07, 6.45) is 7.02. The molecular weight excluding hydrogens is 184 g/mol. The third kappa shape index (κ3) is 4.98. The van der Waals surface area contributed by atoms with Crippen molar-refractivity contribution in [1.29, 1.82) is 0 Å². The molecule has 0 aliphatic rings. The lowest BCUT2D eigenvalue weighted by Crippen LogP contribution is -2.56. The van der Waals surface area contributed by atoms with Gasteiger partial charge in [-0.3, -0.25) is 4.90 Å². The molecule has 2 heteroatoms. The molecule has 92 valence electrons. The van der Waals surface area contributed by atoms with Crippen LogP contribution in [0.2, 0.25) is 0 Å². The highest BCUT2D eigenvalue weighted by atomic mass is 15.3. The first kappa shape index (κ1) is 14.9. The lowest BCUT2D eigenvalue weighted by Gasteiger charge is -2.41. The van der Waals surface area contributed by atoms with Gasteiger partial charge in [-0.2, -0.15) is 0 Å². The molecule has 0 aromatic carbocycles. The molecule has 0 aromatic rings. The van der Waals surface area contributed by atoms with Crippen LogP contribution in [-0.4, -0.2) is 23.7 Å². The minimum Gasteiger partial charge on any atom is -0.313 e. The SMILES string of the molecule is CCCN(CCC)C(N)(CCC)CCC. The van der Waals surface area contributed by atoms with Crippen molar-refractivity contribution in [3.63, 3.8) is 0 Å². The third-order valence-electron chi connectivity index (χ3n) is 2.98. The summed E-state index contributed by atoms with van der Waals surface area (Å²) in [4.78, 5) is 2.50. The second kappa shape index (κ2) is 8.12. The van der Waals surface area contributed by atoms with Gasteiger partial charge in [0.25, 0.3) is 0 Å². The van der Waals surface area contributed by atoms with E-state index in [1.54, 1.807) is 0 Å². The highest BCUT2D eigenvalue weighted by molar-refractivity contribution is 4.83. The zero-order valence-corrected chi connectivity index (χ0v) is 11.2. The van der Waals surface area contributed by atoms with E-state index in [2.05, 4.69) is 32.6 Å². The molecule has 0 aliphatic heterocycles. The lowest BCUT2D eigenvalue weighted by atomic mass is 9.96. The van der Waals surface area contributed by atoms with Crippen molar-refractivity contribution < 1.29 is 0 Å². The summed E-state index contributed by atoms with van der Waals surface area (Å²) >= 11 is 0. The summed E-state index contributed by atoms with van der Waals surface area (Å²) in [5.41, 5.74) is 6.52. The highest BCUT2D eigenvalue weighted by Gasteiger charge is 2.29. The molecule has 0 heterocycles. The topological polar surface area (TPSA) is 29.3 Å². The Morgan fingerprint density at radius 2 is 1.20 bits per heavy atom. The smallest absolute Gasteiger partial charge is 0.0686 e. The van der Waals surface area contributed by atoms with E-state index in [1.165, 1.54) is 25.7 Å². The molecule has 0 saturated heterocycles. The Labute approximate surface area is 96.2 Å². The van der Waals surface area contributed by atoms with Gasteiger partial charge in [-0.05, 0) is 38.8 Å². The van der Waals surface area contributed by atoms with E-state index in [4.69, 9.17) is 5.73 Å². The van der Waals surface area contributed by atoms with Gasteiger partial charge in [-0.15, -0.1) is 0 Å². The number of nitrogens with two attached hydrogens (primary N) is 1. The van der Waals surface area contributed by atoms with Crippen molar-refractivity contribution >= 4 is 0 Å². The Balaban J connectivity index is 4.48. The van der Waals surface area contributed by atoms with Crippen LogP contribution in [0.3, 0.4) is 0 Å². The monoisotopic (exact) mass is 214 g/mol. The number of hydrogen-bond donors (Lipinski definition) is 1. The first-order valence-electron chi connectivity index (χ1n) is 6.68. The second-order valence-electron chi connectivity index (χ2n) is 4.59. The average Bonchev–Trinajstić information content (AvgIpc) is 2.18. The molecule has 2 N–H and O–H groups in total. The van der Waals surface area contributed by atoms with Gasteiger partial charge in [0.2, 0.25) is 0 Å². The molecule has 15 heavy (non-hydrogen) atoms. The molecule has 0 rings (SSSR count). The maximum absolute atomic E-state index is 6.56. The molecule has 0 radical (unpaired) electrons. The predicted octanol–water partition coefficient (Wildman–Crippen LogP) is 3.36. The third-order valence-corrected chi connectivity index (χ3v) is 2.98. The fourth-order valence-corrected chi connectivity index (χ4v) is 2.40. The summed E-state index contributed by atoms with van der Waals surface area (Å²) < 4.78 is 0. The van der Waals surface area contributed by atoms with Gasteiger partial charge in [0.05, 0.1) is 5.66 Å². The molecule has 0 bridgehead atoms. The molecule has 0 unspecified atom stereocenters. The van der Waals surface area contributed by atoms with Crippen LogP contribution >= 0.6 is 0 Å². The minimum atomic E-state index is -0.0461. The first-order valence-corrected chi connectivity index (χ1v) is 6.68. The maximum atomic E-state index is 6.56. The van der Waals surface area contributed by atoms with Crippen LogP contribution < -0.4 is 5.73 Å². The number of rotatable bonds is 9. The van der Waals surface area contributed by atoms with Crippen molar-refractivity contribution in [3.05, 3.63) is 0 Å².